The van der Waals surface area contributed by atoms with Gasteiger partial charge in [-0.1, -0.05) is 12.1 Å². The van der Waals surface area contributed by atoms with Crippen LogP contribution in [0.3, 0.4) is 0 Å². The van der Waals surface area contributed by atoms with E-state index in [9.17, 15) is 24.5 Å². The molecule has 2 rings (SSSR count). The molecule has 6 N–H and O–H groups in total. The van der Waals surface area contributed by atoms with Gasteiger partial charge in [-0.3, -0.25) is 30.4 Å². The van der Waals surface area contributed by atoms with Crippen LogP contribution in [-0.2, 0) is 4.79 Å². The van der Waals surface area contributed by atoms with Gasteiger partial charge >= 0.3 is 6.03 Å². The fraction of sp³-hybridized carbons (Fsp3) is 0.333. The van der Waals surface area contributed by atoms with Crippen LogP contribution in [0.25, 0.3) is 0 Å². The summed E-state index contributed by atoms with van der Waals surface area (Å²) < 4.78 is 0. The molecule has 0 aliphatic carbocycles. The number of nitro groups is 1. The molecule has 13 nitrogen and oxygen atoms in total. The highest BCUT2D eigenvalue weighted by Gasteiger charge is 2.22. The van der Waals surface area contributed by atoms with E-state index in [1.165, 1.54) is 24.3 Å². The van der Waals surface area contributed by atoms with Crippen molar-refractivity contribution in [3.05, 3.63) is 39.9 Å². The molecule has 1 aliphatic heterocycles. The Morgan fingerprint density at radius 1 is 1.21 bits per heavy atom. The molecule has 0 saturated carbocycles. The minimum atomic E-state index is -0.820. The first kappa shape index (κ1) is 20.6. The highest BCUT2D eigenvalue weighted by Crippen LogP contribution is 2.17. The molecule has 0 unspecified atom stereocenters. The zero-order valence-corrected chi connectivity index (χ0v) is 14.8. The van der Waals surface area contributed by atoms with Crippen molar-refractivity contribution in [2.75, 3.05) is 19.6 Å². The van der Waals surface area contributed by atoms with Crippen molar-refractivity contribution in [2.45, 2.75) is 12.8 Å². The average molecular weight is 392 g/mol. The van der Waals surface area contributed by atoms with Crippen LogP contribution in [-0.4, -0.2) is 53.4 Å². The van der Waals surface area contributed by atoms with Crippen LogP contribution in [0.2, 0.25) is 0 Å². The molecule has 4 amide bonds. The van der Waals surface area contributed by atoms with Crippen LogP contribution in [0.15, 0.2) is 29.4 Å². The summed E-state index contributed by atoms with van der Waals surface area (Å²) in [5, 5.41) is 21.2. The summed E-state index contributed by atoms with van der Waals surface area (Å²) in [5.74, 6) is -1.66. The van der Waals surface area contributed by atoms with Gasteiger partial charge in [0.25, 0.3) is 11.6 Å². The van der Waals surface area contributed by atoms with Gasteiger partial charge in [0.15, 0.2) is 0 Å². The number of nitrogens with two attached hydrogens (primary N) is 1. The summed E-state index contributed by atoms with van der Waals surface area (Å²) in [6.45, 7) is 0.987. The number of nitrogens with zero attached hydrogens (tertiary/aromatic N) is 3. The molecule has 0 aromatic heterocycles. The molecule has 1 aromatic carbocycles. The number of primary amides is 1. The number of carbonyl (C=O) groups is 3. The molecule has 150 valence electrons. The van der Waals surface area contributed by atoms with Crippen LogP contribution in [0, 0.1) is 10.1 Å². The second kappa shape index (κ2) is 9.82. The van der Waals surface area contributed by atoms with E-state index >= 15 is 0 Å². The summed E-state index contributed by atoms with van der Waals surface area (Å²) in [6, 6.07) is 4.61. The number of nitrogens with one attached hydrogen (secondary N) is 4. The van der Waals surface area contributed by atoms with Crippen molar-refractivity contribution in [1.29, 1.82) is 0 Å². The second-order valence-corrected chi connectivity index (χ2v) is 5.76. The molecule has 1 heterocycles. The van der Waals surface area contributed by atoms with Gasteiger partial charge in [-0.15, -0.1) is 5.10 Å². The van der Waals surface area contributed by atoms with E-state index in [1.807, 2.05) is 0 Å². The lowest BCUT2D eigenvalue weighted by Crippen LogP contribution is -2.50. The van der Waals surface area contributed by atoms with E-state index < -0.39 is 29.3 Å². The molecule has 0 atom stereocenters. The SMILES string of the molecule is NC(=O)CNC(=O)N/N=C(/NC(=O)c1ccccc1[N+](=O)[O-])NN1CCCC1. The number of hydrogen-bond donors (Lipinski definition) is 5. The monoisotopic (exact) mass is 392 g/mol. The third-order valence-electron chi connectivity index (χ3n) is 3.64. The van der Waals surface area contributed by atoms with E-state index in [2.05, 4.69) is 26.6 Å². The van der Waals surface area contributed by atoms with Crippen molar-refractivity contribution in [3.63, 3.8) is 0 Å². The van der Waals surface area contributed by atoms with Gasteiger partial charge in [-0.25, -0.2) is 15.2 Å². The molecule has 1 aliphatic rings. The first-order valence-electron chi connectivity index (χ1n) is 8.33. The van der Waals surface area contributed by atoms with E-state index in [1.54, 1.807) is 5.01 Å². The molecule has 1 aromatic rings. The molecule has 0 radical (unpaired) electrons. The number of amides is 4. The predicted molar refractivity (Wildman–Crippen MR) is 97.7 cm³/mol. The number of rotatable bonds is 6. The Hall–Kier alpha value is -3.74. The zero-order chi connectivity index (χ0) is 20.5. The number of benzene rings is 1. The van der Waals surface area contributed by atoms with Crippen LogP contribution in [0.4, 0.5) is 10.5 Å². The summed E-state index contributed by atoms with van der Waals surface area (Å²) in [7, 11) is 0. The lowest BCUT2D eigenvalue weighted by atomic mass is 10.1. The standard InChI is InChI=1S/C15H20N8O5/c16-12(24)9-17-15(26)20-19-14(21-22-7-3-4-8-22)18-13(25)10-5-1-2-6-11(10)23(27)28/h1-2,5-6H,3-4,7-9H2,(H2,16,24)(H2,17,20,26)(H2,18,19,21,25). The van der Waals surface area contributed by atoms with Crippen molar-refractivity contribution >= 4 is 29.5 Å². The van der Waals surface area contributed by atoms with Gasteiger partial charge in [0, 0.05) is 19.2 Å². The summed E-state index contributed by atoms with van der Waals surface area (Å²) >= 11 is 0. The molecule has 13 heteroatoms. The Kier molecular flexibility index (Phi) is 7.21. The maximum absolute atomic E-state index is 12.5. The number of carbonyl (C=O) groups excluding carboxylic acids is 3. The lowest BCUT2D eigenvalue weighted by Gasteiger charge is -2.19. The molecule has 0 spiro atoms. The Bertz CT molecular complexity index is 790. The highest BCUT2D eigenvalue weighted by atomic mass is 16.6. The fourth-order valence-electron chi connectivity index (χ4n) is 2.37. The Morgan fingerprint density at radius 3 is 2.54 bits per heavy atom. The topological polar surface area (TPSA) is 184 Å². The molecule has 1 fully saturated rings. The second-order valence-electron chi connectivity index (χ2n) is 5.76. The molecule has 0 bridgehead atoms. The average Bonchev–Trinajstić information content (AvgIpc) is 3.17. The predicted octanol–water partition coefficient (Wildman–Crippen LogP) is -1.02. The Labute approximate surface area is 159 Å². The van der Waals surface area contributed by atoms with Crippen molar-refractivity contribution in [2.24, 2.45) is 10.8 Å². The highest BCUT2D eigenvalue weighted by molar-refractivity contribution is 6.07. The van der Waals surface area contributed by atoms with Crippen molar-refractivity contribution in [1.82, 2.24) is 26.5 Å². The third kappa shape index (κ3) is 6.21. The third-order valence-corrected chi connectivity index (χ3v) is 3.64. The molecule has 28 heavy (non-hydrogen) atoms. The minimum absolute atomic E-state index is 0.140. The largest absolute Gasteiger partial charge is 0.368 e. The van der Waals surface area contributed by atoms with E-state index in [0.717, 1.165) is 12.8 Å². The number of para-hydroxylation sites is 1. The Balaban J connectivity index is 2.11. The van der Waals surface area contributed by atoms with Gasteiger partial charge in [0.2, 0.25) is 11.9 Å². The van der Waals surface area contributed by atoms with Gasteiger partial charge < -0.3 is 11.1 Å². The van der Waals surface area contributed by atoms with Gasteiger partial charge in [0.05, 0.1) is 11.5 Å². The lowest BCUT2D eigenvalue weighted by molar-refractivity contribution is -0.385. The molecule has 1 saturated heterocycles. The van der Waals surface area contributed by atoms with Crippen LogP contribution >= 0.6 is 0 Å². The number of urea groups is 1. The quantitative estimate of drug-likeness (QED) is 0.177. The first-order valence-corrected chi connectivity index (χ1v) is 8.33. The summed E-state index contributed by atoms with van der Waals surface area (Å²) in [6.07, 6.45) is 1.87. The fourth-order valence-corrected chi connectivity index (χ4v) is 2.37. The van der Waals surface area contributed by atoms with Crippen molar-refractivity contribution < 1.29 is 19.3 Å². The van der Waals surface area contributed by atoms with E-state index in [4.69, 9.17) is 5.73 Å². The minimum Gasteiger partial charge on any atom is -0.368 e. The number of hydrazine groups is 1. The summed E-state index contributed by atoms with van der Waals surface area (Å²) in [5.41, 5.74) is 9.32. The number of hydrazone groups is 1. The maximum atomic E-state index is 12.5. The van der Waals surface area contributed by atoms with E-state index in [0.29, 0.717) is 13.1 Å². The Morgan fingerprint density at radius 2 is 1.89 bits per heavy atom. The van der Waals surface area contributed by atoms with Gasteiger partial charge in [-0.05, 0) is 18.9 Å². The first-order chi connectivity index (χ1) is 13.4. The van der Waals surface area contributed by atoms with Crippen LogP contribution in [0.1, 0.15) is 23.2 Å². The van der Waals surface area contributed by atoms with Gasteiger partial charge in [0.1, 0.15) is 5.56 Å². The normalized spacial score (nSPS) is 14.2. The van der Waals surface area contributed by atoms with E-state index in [-0.39, 0.29) is 17.2 Å². The molecular weight excluding hydrogens is 372 g/mol. The number of guanidine groups is 1. The number of nitro benzene ring substituents is 1. The zero-order valence-electron chi connectivity index (χ0n) is 14.8. The maximum Gasteiger partial charge on any atom is 0.335 e. The van der Waals surface area contributed by atoms with Crippen molar-refractivity contribution in [3.8, 4) is 0 Å². The van der Waals surface area contributed by atoms with Gasteiger partial charge in [-0.2, -0.15) is 0 Å². The van der Waals surface area contributed by atoms with Crippen LogP contribution < -0.4 is 27.2 Å². The van der Waals surface area contributed by atoms with Crippen LogP contribution in [0.5, 0.6) is 0 Å². The molecular formula is C15H20N8O5. The number of hydrogen-bond acceptors (Lipinski definition) is 7. The smallest absolute Gasteiger partial charge is 0.335 e. The summed E-state index contributed by atoms with van der Waals surface area (Å²) in [4.78, 5) is 45.2.